The van der Waals surface area contributed by atoms with E-state index in [2.05, 4.69) is 4.99 Å². The number of aliphatic hydroxyl groups excluding tert-OH is 1. The van der Waals surface area contributed by atoms with Crippen molar-refractivity contribution in [3.8, 4) is 0 Å². The molecule has 4 aromatic carbocycles. The van der Waals surface area contributed by atoms with Crippen molar-refractivity contribution in [2.24, 2.45) is 4.99 Å². The second-order valence-corrected chi connectivity index (χ2v) is 11.7. The molecule has 0 saturated heterocycles. The molecule has 1 saturated carbocycles. The fourth-order valence-electron chi connectivity index (χ4n) is 5.38. The Kier molecular flexibility index (Phi) is 12.6. The van der Waals surface area contributed by atoms with Crippen molar-refractivity contribution < 1.29 is 19.5 Å². The van der Waals surface area contributed by atoms with Gasteiger partial charge >= 0.3 is 0 Å². The average molecular weight is 628 g/mol. The summed E-state index contributed by atoms with van der Waals surface area (Å²) in [5, 5.41) is 10.2. The first-order valence-corrected chi connectivity index (χ1v) is 15.6. The number of nitrogen functional groups attached to an aromatic ring is 1. The van der Waals surface area contributed by atoms with E-state index in [9.17, 15) is 19.5 Å². The van der Waals surface area contributed by atoms with Gasteiger partial charge in [-0.2, -0.15) is 0 Å². The molecule has 0 aliphatic heterocycles. The number of carbonyl (C=O) groups excluding carboxylic acids is 3. The maximum Gasteiger partial charge on any atom is 0.168 e. The lowest BCUT2D eigenvalue weighted by Crippen LogP contribution is -2.26. The van der Waals surface area contributed by atoms with Crippen LogP contribution in [0.5, 0.6) is 0 Å². The van der Waals surface area contributed by atoms with Crippen molar-refractivity contribution in [3.63, 3.8) is 0 Å². The molecule has 47 heavy (non-hydrogen) atoms. The molecule has 0 bridgehead atoms. The summed E-state index contributed by atoms with van der Waals surface area (Å²) in [6.07, 6.45) is 4.85. The van der Waals surface area contributed by atoms with E-state index in [1.54, 1.807) is 11.1 Å². The monoisotopic (exact) mass is 627 g/mol. The molecule has 0 spiro atoms. The number of aliphatic hydroxyl groups is 1. The van der Waals surface area contributed by atoms with E-state index in [1.807, 2.05) is 135 Å². The Morgan fingerprint density at radius 1 is 0.638 bits per heavy atom. The van der Waals surface area contributed by atoms with Crippen LogP contribution in [0.3, 0.4) is 0 Å². The minimum absolute atomic E-state index is 0.0329. The topological polar surface area (TPSA) is 113 Å². The molecule has 2 aliphatic rings. The van der Waals surface area contributed by atoms with Crippen molar-refractivity contribution in [2.45, 2.75) is 37.5 Å². The van der Waals surface area contributed by atoms with Crippen LogP contribution in [-0.4, -0.2) is 47.7 Å². The Morgan fingerprint density at radius 3 is 1.49 bits per heavy atom. The number of nitrogens with zero attached hydrogens (tertiary/aromatic N) is 2. The standard InChI is InChI=1S/C19H17NO2.C15H17NO2.C6H7N/c21-18-11-15(14-7-3-1-4-8-14)12-19(22)17(18)13-20-16-9-5-2-6-10-16;1-16(2)10-13-14(17)8-12(9-15(13)18)11-6-4-3-5-7-11;7-6-4-2-1-3-5-6/h1-10,13,15,21H,11-12H2;3-7,10,12H,8-9H2,1-2H3;1-5H,7H2. The van der Waals surface area contributed by atoms with Crippen LogP contribution in [-0.2, 0) is 14.4 Å². The predicted octanol–water partition coefficient (Wildman–Crippen LogP) is 7.76. The van der Waals surface area contributed by atoms with Crippen LogP contribution in [0.2, 0.25) is 0 Å². The van der Waals surface area contributed by atoms with Crippen LogP contribution in [0.1, 0.15) is 48.6 Å². The fourth-order valence-corrected chi connectivity index (χ4v) is 5.38. The zero-order valence-electron chi connectivity index (χ0n) is 26.8. The summed E-state index contributed by atoms with van der Waals surface area (Å²) < 4.78 is 0. The van der Waals surface area contributed by atoms with Gasteiger partial charge in [0.15, 0.2) is 17.3 Å². The number of benzene rings is 4. The summed E-state index contributed by atoms with van der Waals surface area (Å²) in [6.45, 7) is 0. The molecule has 7 nitrogen and oxygen atoms in total. The Hall–Kier alpha value is -5.56. The lowest BCUT2D eigenvalue weighted by atomic mass is 9.80. The second-order valence-electron chi connectivity index (χ2n) is 11.7. The van der Waals surface area contributed by atoms with Gasteiger partial charge < -0.3 is 15.7 Å². The van der Waals surface area contributed by atoms with Gasteiger partial charge in [-0.3, -0.25) is 19.4 Å². The third kappa shape index (κ3) is 10.5. The van der Waals surface area contributed by atoms with Crippen LogP contribution in [0, 0.1) is 0 Å². The molecule has 1 fully saturated rings. The summed E-state index contributed by atoms with van der Waals surface area (Å²) in [4.78, 5) is 42.3. The highest BCUT2D eigenvalue weighted by atomic mass is 16.3. The smallest absolute Gasteiger partial charge is 0.168 e. The Labute approximate surface area is 276 Å². The molecule has 6 rings (SSSR count). The number of para-hydroxylation sites is 2. The van der Waals surface area contributed by atoms with E-state index in [-0.39, 0.29) is 34.9 Å². The Bertz CT molecular complexity index is 1690. The number of carbonyl (C=O) groups is 3. The summed E-state index contributed by atoms with van der Waals surface area (Å²) >= 11 is 0. The zero-order chi connectivity index (χ0) is 33.6. The highest BCUT2D eigenvalue weighted by molar-refractivity contribution is 6.22. The quantitative estimate of drug-likeness (QED) is 0.101. The summed E-state index contributed by atoms with van der Waals surface area (Å²) in [6, 6.07) is 38.5. The number of aliphatic imine (C=N–C) groups is 1. The highest BCUT2D eigenvalue weighted by Gasteiger charge is 2.31. The summed E-state index contributed by atoms with van der Waals surface area (Å²) in [7, 11) is 3.63. The van der Waals surface area contributed by atoms with E-state index in [0.717, 1.165) is 22.5 Å². The fraction of sp³-hybridized carbons (Fsp3) is 0.200. The second kappa shape index (κ2) is 17.2. The normalized spacial score (nSPS) is 17.7. The highest BCUT2D eigenvalue weighted by Crippen LogP contribution is 2.33. The summed E-state index contributed by atoms with van der Waals surface area (Å²) in [5.74, 6) is 0.0535. The van der Waals surface area contributed by atoms with Gasteiger partial charge in [-0.05, 0) is 47.2 Å². The van der Waals surface area contributed by atoms with E-state index in [4.69, 9.17) is 5.73 Å². The molecule has 0 aromatic heterocycles. The lowest BCUT2D eigenvalue weighted by molar-refractivity contribution is -0.124. The van der Waals surface area contributed by atoms with E-state index >= 15 is 0 Å². The van der Waals surface area contributed by atoms with Gasteiger partial charge in [0.2, 0.25) is 0 Å². The Morgan fingerprint density at radius 2 is 1.06 bits per heavy atom. The molecule has 0 radical (unpaired) electrons. The van der Waals surface area contributed by atoms with Crippen LogP contribution in [0.15, 0.2) is 149 Å². The molecular weight excluding hydrogens is 586 g/mol. The van der Waals surface area contributed by atoms with Gasteiger partial charge in [0.05, 0.1) is 16.8 Å². The number of rotatable bonds is 5. The van der Waals surface area contributed by atoms with Crippen LogP contribution >= 0.6 is 0 Å². The van der Waals surface area contributed by atoms with Gasteiger partial charge in [-0.15, -0.1) is 0 Å². The number of hydrogen-bond acceptors (Lipinski definition) is 7. The van der Waals surface area contributed by atoms with Crippen LogP contribution < -0.4 is 5.73 Å². The minimum atomic E-state index is -0.0581. The van der Waals surface area contributed by atoms with Crippen molar-refractivity contribution in [1.82, 2.24) is 4.90 Å². The average Bonchev–Trinajstić information content (AvgIpc) is 3.08. The SMILES string of the molecule is CN(C)C=C1C(=O)CC(c2ccccc2)CC1=O.Nc1ccccc1.O=C1CC(c2ccccc2)CC(O)=C1C=Nc1ccccc1. The van der Waals surface area contributed by atoms with Gasteiger partial charge in [-0.1, -0.05) is 97.1 Å². The summed E-state index contributed by atoms with van der Waals surface area (Å²) in [5.41, 5.74) is 9.77. The maximum absolute atomic E-state index is 12.3. The maximum atomic E-state index is 12.3. The van der Waals surface area contributed by atoms with E-state index < -0.39 is 0 Å². The third-order valence-electron chi connectivity index (χ3n) is 7.77. The van der Waals surface area contributed by atoms with Crippen LogP contribution in [0.25, 0.3) is 0 Å². The van der Waals surface area contributed by atoms with Crippen LogP contribution in [0.4, 0.5) is 11.4 Å². The first-order chi connectivity index (χ1) is 22.7. The molecule has 0 amide bonds. The van der Waals surface area contributed by atoms with Gasteiger partial charge in [0.25, 0.3) is 0 Å². The number of ketones is 3. The first kappa shape index (κ1) is 34.3. The first-order valence-electron chi connectivity index (χ1n) is 15.6. The van der Waals surface area contributed by atoms with E-state index in [0.29, 0.717) is 36.8 Å². The minimum Gasteiger partial charge on any atom is -0.511 e. The van der Waals surface area contributed by atoms with Crippen molar-refractivity contribution in [2.75, 3.05) is 19.8 Å². The molecule has 3 N–H and O–H groups in total. The van der Waals surface area contributed by atoms with Gasteiger partial charge in [0, 0.05) is 57.9 Å². The van der Waals surface area contributed by atoms with Gasteiger partial charge in [0.1, 0.15) is 5.76 Å². The number of anilines is 1. The third-order valence-corrected chi connectivity index (χ3v) is 7.77. The molecule has 240 valence electrons. The van der Waals surface area contributed by atoms with Crippen molar-refractivity contribution in [3.05, 3.63) is 156 Å². The molecule has 7 heteroatoms. The van der Waals surface area contributed by atoms with E-state index in [1.165, 1.54) is 6.21 Å². The predicted molar refractivity (Wildman–Crippen MR) is 189 cm³/mol. The number of hydrogen-bond donors (Lipinski definition) is 2. The zero-order valence-corrected chi connectivity index (χ0v) is 26.8. The Balaban J connectivity index is 0.000000179. The number of nitrogens with two attached hydrogens (primary N) is 1. The largest absolute Gasteiger partial charge is 0.511 e. The number of Topliss-reactive ketones (excluding diaryl/α,β-unsaturated/α-hetero) is 3. The van der Waals surface area contributed by atoms with Crippen molar-refractivity contribution in [1.29, 1.82) is 0 Å². The molecular formula is C40H41N3O4. The van der Waals surface area contributed by atoms with Crippen molar-refractivity contribution >= 4 is 34.9 Å². The van der Waals surface area contributed by atoms with Gasteiger partial charge in [-0.25, -0.2) is 0 Å². The molecule has 2 aliphatic carbocycles. The molecule has 0 heterocycles. The number of allylic oxidation sites excluding steroid dienone is 3. The molecule has 1 unspecified atom stereocenters. The lowest BCUT2D eigenvalue weighted by Gasteiger charge is -2.23. The molecule has 1 atom stereocenters. The molecule has 4 aromatic rings.